The number of hydrogen-bond acceptors (Lipinski definition) is 2. The largest absolute Gasteiger partial charge is 0.371 e. The Bertz CT molecular complexity index is 435. The molecule has 0 amide bonds. The molecule has 1 heterocycles. The third kappa shape index (κ3) is 2.51. The van der Waals surface area contributed by atoms with Crippen molar-refractivity contribution < 1.29 is 0 Å². The molecule has 1 atom stereocenters. The molecule has 1 aliphatic heterocycles. The van der Waals surface area contributed by atoms with Gasteiger partial charge >= 0.3 is 0 Å². The Morgan fingerprint density at radius 1 is 1.32 bits per heavy atom. The van der Waals surface area contributed by atoms with Gasteiger partial charge in [0.2, 0.25) is 0 Å². The summed E-state index contributed by atoms with van der Waals surface area (Å²) in [6, 6.07) is 6.80. The van der Waals surface area contributed by atoms with Gasteiger partial charge in [-0.25, -0.2) is 0 Å². The molecule has 2 nitrogen and oxygen atoms in total. The van der Waals surface area contributed by atoms with Crippen molar-refractivity contribution in [3.8, 4) is 0 Å². The molecule has 1 saturated carbocycles. The molecule has 3 rings (SSSR count). The fraction of sp³-hybridized carbons (Fsp3) is 0.647. The minimum absolute atomic E-state index is 0.487. The van der Waals surface area contributed by atoms with Gasteiger partial charge in [0, 0.05) is 18.8 Å². The van der Waals surface area contributed by atoms with Crippen LogP contribution in [-0.4, -0.2) is 19.6 Å². The van der Waals surface area contributed by atoms with Crippen LogP contribution in [0.25, 0.3) is 0 Å². The van der Waals surface area contributed by atoms with E-state index in [1.165, 1.54) is 56.4 Å². The Labute approximate surface area is 117 Å². The smallest absolute Gasteiger partial charge is 0.0402 e. The van der Waals surface area contributed by atoms with Gasteiger partial charge in [-0.2, -0.15) is 0 Å². The van der Waals surface area contributed by atoms with E-state index in [2.05, 4.69) is 30.0 Å². The summed E-state index contributed by atoms with van der Waals surface area (Å²) >= 11 is 0. The summed E-state index contributed by atoms with van der Waals surface area (Å²) in [6.45, 7) is 5.47. The molecule has 0 radical (unpaired) electrons. The normalized spacial score (nSPS) is 20.8. The zero-order chi connectivity index (χ0) is 13.2. The highest BCUT2D eigenvalue weighted by molar-refractivity contribution is 5.61. The fourth-order valence-corrected chi connectivity index (χ4v) is 3.81. The quantitative estimate of drug-likeness (QED) is 0.898. The highest BCUT2D eigenvalue weighted by Gasteiger charge is 2.26. The Balaban J connectivity index is 1.80. The number of rotatable bonds is 4. The predicted molar refractivity (Wildman–Crippen MR) is 81.8 cm³/mol. The Morgan fingerprint density at radius 3 is 2.84 bits per heavy atom. The zero-order valence-corrected chi connectivity index (χ0v) is 12.1. The zero-order valence-electron chi connectivity index (χ0n) is 12.1. The van der Waals surface area contributed by atoms with E-state index in [0.717, 1.165) is 12.5 Å². The number of nitrogens with zero attached hydrogens (tertiary/aromatic N) is 1. The molecule has 0 aromatic heterocycles. The third-order valence-electron chi connectivity index (χ3n) is 5.00. The first-order valence-corrected chi connectivity index (χ1v) is 7.86. The number of benzene rings is 1. The monoisotopic (exact) mass is 258 g/mol. The van der Waals surface area contributed by atoms with Gasteiger partial charge in [0.25, 0.3) is 0 Å². The van der Waals surface area contributed by atoms with Gasteiger partial charge in [-0.3, -0.25) is 0 Å². The minimum atomic E-state index is 0.487. The highest BCUT2D eigenvalue weighted by Crippen LogP contribution is 2.36. The van der Waals surface area contributed by atoms with Crippen LogP contribution in [0.15, 0.2) is 18.2 Å². The summed E-state index contributed by atoms with van der Waals surface area (Å²) < 4.78 is 0. The first-order chi connectivity index (χ1) is 9.29. The Morgan fingerprint density at radius 2 is 2.11 bits per heavy atom. The van der Waals surface area contributed by atoms with Crippen LogP contribution in [0.4, 0.5) is 5.69 Å². The number of anilines is 1. The van der Waals surface area contributed by atoms with E-state index in [0.29, 0.717) is 5.92 Å². The lowest BCUT2D eigenvalue weighted by molar-refractivity contribution is 0.538. The van der Waals surface area contributed by atoms with Crippen LogP contribution in [0.3, 0.4) is 0 Å². The predicted octanol–water partition coefficient (Wildman–Crippen LogP) is 3.30. The average Bonchev–Trinajstić information content (AvgIpc) is 3.08. The highest BCUT2D eigenvalue weighted by atomic mass is 15.1. The Hall–Kier alpha value is -1.02. The SMILES string of the molecule is CC(CN)c1cccc2c1CCN2CC1CCCC1. The molecule has 2 heteroatoms. The number of nitrogens with two attached hydrogens (primary N) is 1. The van der Waals surface area contributed by atoms with Crippen LogP contribution in [0.5, 0.6) is 0 Å². The summed E-state index contributed by atoms with van der Waals surface area (Å²) in [6.07, 6.45) is 6.96. The van der Waals surface area contributed by atoms with Gasteiger partial charge in [-0.15, -0.1) is 0 Å². The molecular weight excluding hydrogens is 232 g/mol. The minimum Gasteiger partial charge on any atom is -0.371 e. The van der Waals surface area contributed by atoms with Gasteiger partial charge in [0.15, 0.2) is 0 Å². The maximum absolute atomic E-state index is 5.85. The molecular formula is C17H26N2. The third-order valence-corrected chi connectivity index (χ3v) is 5.00. The lowest BCUT2D eigenvalue weighted by atomic mass is 9.94. The van der Waals surface area contributed by atoms with Gasteiger partial charge in [0.05, 0.1) is 0 Å². The molecule has 2 N–H and O–H groups in total. The van der Waals surface area contributed by atoms with Crippen LogP contribution in [0.2, 0.25) is 0 Å². The van der Waals surface area contributed by atoms with Crippen molar-refractivity contribution >= 4 is 5.69 Å². The van der Waals surface area contributed by atoms with Gasteiger partial charge in [-0.05, 0) is 54.8 Å². The van der Waals surface area contributed by atoms with Crippen molar-refractivity contribution in [3.05, 3.63) is 29.3 Å². The maximum Gasteiger partial charge on any atom is 0.0402 e. The van der Waals surface area contributed by atoms with Crippen molar-refractivity contribution in [2.24, 2.45) is 11.7 Å². The van der Waals surface area contributed by atoms with Crippen molar-refractivity contribution in [1.29, 1.82) is 0 Å². The van der Waals surface area contributed by atoms with Crippen molar-refractivity contribution in [1.82, 2.24) is 0 Å². The second-order valence-electron chi connectivity index (χ2n) is 6.33. The van der Waals surface area contributed by atoms with Gasteiger partial charge < -0.3 is 10.6 Å². The molecule has 0 saturated heterocycles. The van der Waals surface area contributed by atoms with E-state index in [4.69, 9.17) is 5.73 Å². The molecule has 2 aliphatic rings. The van der Waals surface area contributed by atoms with E-state index in [9.17, 15) is 0 Å². The number of hydrogen-bond donors (Lipinski definition) is 1. The average molecular weight is 258 g/mol. The molecule has 1 aliphatic carbocycles. The van der Waals surface area contributed by atoms with Gasteiger partial charge in [-0.1, -0.05) is 31.9 Å². The van der Waals surface area contributed by atoms with Crippen molar-refractivity contribution in [2.45, 2.75) is 44.9 Å². The summed E-state index contributed by atoms with van der Waals surface area (Å²) in [5, 5.41) is 0. The molecule has 104 valence electrons. The van der Waals surface area contributed by atoms with Crippen LogP contribution < -0.4 is 10.6 Å². The lowest BCUT2D eigenvalue weighted by Gasteiger charge is -2.24. The van der Waals surface area contributed by atoms with Gasteiger partial charge in [0.1, 0.15) is 0 Å². The molecule has 0 bridgehead atoms. The summed E-state index contributed by atoms with van der Waals surface area (Å²) in [5.41, 5.74) is 10.4. The number of fused-ring (bicyclic) bond motifs is 1. The summed E-state index contributed by atoms with van der Waals surface area (Å²) in [7, 11) is 0. The second kappa shape index (κ2) is 5.54. The molecule has 1 unspecified atom stereocenters. The van der Waals surface area contributed by atoms with Crippen LogP contribution in [0, 0.1) is 5.92 Å². The topological polar surface area (TPSA) is 29.3 Å². The van der Waals surface area contributed by atoms with Crippen molar-refractivity contribution in [2.75, 3.05) is 24.5 Å². The first-order valence-electron chi connectivity index (χ1n) is 7.86. The second-order valence-corrected chi connectivity index (χ2v) is 6.33. The molecule has 1 aromatic rings. The molecule has 19 heavy (non-hydrogen) atoms. The maximum atomic E-state index is 5.85. The van der Waals surface area contributed by atoms with E-state index in [1.807, 2.05) is 0 Å². The van der Waals surface area contributed by atoms with E-state index in [-0.39, 0.29) is 0 Å². The lowest BCUT2D eigenvalue weighted by Crippen LogP contribution is -2.26. The standard InChI is InChI=1S/C17H26N2/c1-13(11-18)15-7-4-8-17-16(15)9-10-19(17)12-14-5-2-3-6-14/h4,7-8,13-14H,2-3,5-6,9-12,18H2,1H3. The fourth-order valence-electron chi connectivity index (χ4n) is 3.81. The van der Waals surface area contributed by atoms with Crippen LogP contribution in [-0.2, 0) is 6.42 Å². The van der Waals surface area contributed by atoms with Crippen molar-refractivity contribution in [3.63, 3.8) is 0 Å². The first kappa shape index (κ1) is 13.0. The summed E-state index contributed by atoms with van der Waals surface area (Å²) in [5.74, 6) is 1.42. The molecule has 1 aromatic carbocycles. The summed E-state index contributed by atoms with van der Waals surface area (Å²) in [4.78, 5) is 2.62. The Kier molecular flexibility index (Phi) is 3.79. The van der Waals surface area contributed by atoms with E-state index >= 15 is 0 Å². The van der Waals surface area contributed by atoms with E-state index in [1.54, 1.807) is 5.56 Å². The molecule has 0 spiro atoms. The van der Waals surface area contributed by atoms with Crippen LogP contribution >= 0.6 is 0 Å². The van der Waals surface area contributed by atoms with E-state index < -0.39 is 0 Å². The molecule has 1 fully saturated rings. The van der Waals surface area contributed by atoms with Crippen LogP contribution in [0.1, 0.15) is 49.7 Å².